The van der Waals surface area contributed by atoms with E-state index in [1.54, 1.807) is 25.1 Å². The van der Waals surface area contributed by atoms with Gasteiger partial charge < -0.3 is 11.1 Å². The molecule has 0 fully saturated rings. The molecule has 114 valence electrons. The Hall–Kier alpha value is -1.11. The van der Waals surface area contributed by atoms with Crippen LogP contribution in [-0.2, 0) is 10.0 Å². The topological polar surface area (TPSA) is 84.2 Å². The van der Waals surface area contributed by atoms with Crippen LogP contribution < -0.4 is 15.8 Å². The molecule has 0 saturated carbocycles. The number of para-hydroxylation sites is 1. The van der Waals surface area contributed by atoms with Gasteiger partial charge in [0.15, 0.2) is 0 Å². The Balaban J connectivity index is 2.95. The van der Waals surface area contributed by atoms with Crippen LogP contribution in [0, 0.1) is 0 Å². The van der Waals surface area contributed by atoms with Crippen LogP contribution in [-0.4, -0.2) is 27.5 Å². The van der Waals surface area contributed by atoms with Crippen molar-refractivity contribution in [2.24, 2.45) is 5.73 Å². The third-order valence-corrected chi connectivity index (χ3v) is 4.66. The van der Waals surface area contributed by atoms with Crippen LogP contribution in [0.4, 0.5) is 5.69 Å². The first-order valence-electron chi connectivity index (χ1n) is 7.10. The molecule has 0 spiro atoms. The van der Waals surface area contributed by atoms with Crippen molar-refractivity contribution in [1.29, 1.82) is 0 Å². The van der Waals surface area contributed by atoms with Gasteiger partial charge in [0.05, 0.1) is 5.69 Å². The van der Waals surface area contributed by atoms with E-state index in [2.05, 4.69) is 17.0 Å². The van der Waals surface area contributed by atoms with E-state index in [1.165, 1.54) is 0 Å². The fraction of sp³-hybridized carbons (Fsp3) is 0.571. The van der Waals surface area contributed by atoms with Crippen molar-refractivity contribution in [3.8, 4) is 0 Å². The molecule has 0 amide bonds. The van der Waals surface area contributed by atoms with Crippen LogP contribution >= 0.6 is 0 Å². The summed E-state index contributed by atoms with van der Waals surface area (Å²) in [5, 5.41) is 3.25. The molecule has 0 aliphatic rings. The van der Waals surface area contributed by atoms with E-state index in [0.29, 0.717) is 18.8 Å². The molecule has 0 radical (unpaired) electrons. The van der Waals surface area contributed by atoms with Crippen molar-refractivity contribution in [3.05, 3.63) is 24.3 Å². The van der Waals surface area contributed by atoms with Gasteiger partial charge in [-0.05, 0) is 18.6 Å². The van der Waals surface area contributed by atoms with Crippen molar-refractivity contribution in [2.45, 2.75) is 44.0 Å². The van der Waals surface area contributed by atoms with Gasteiger partial charge >= 0.3 is 0 Å². The molecule has 1 unspecified atom stereocenters. The molecule has 0 saturated heterocycles. The van der Waals surface area contributed by atoms with Crippen molar-refractivity contribution in [1.82, 2.24) is 4.72 Å². The second kappa shape index (κ2) is 8.24. The van der Waals surface area contributed by atoms with E-state index < -0.39 is 10.0 Å². The van der Waals surface area contributed by atoms with Gasteiger partial charge in [-0.15, -0.1) is 0 Å². The second-order valence-corrected chi connectivity index (χ2v) is 6.45. The lowest BCUT2D eigenvalue weighted by Crippen LogP contribution is -2.30. The number of unbranched alkanes of at least 4 members (excludes halogenated alkanes) is 1. The number of hydrogen-bond donors (Lipinski definition) is 3. The molecular weight excluding hydrogens is 274 g/mol. The highest BCUT2D eigenvalue weighted by Gasteiger charge is 2.18. The molecule has 5 nitrogen and oxygen atoms in total. The summed E-state index contributed by atoms with van der Waals surface area (Å²) in [6, 6.07) is 7.01. The van der Waals surface area contributed by atoms with Gasteiger partial charge in [0.2, 0.25) is 10.0 Å². The highest BCUT2D eigenvalue weighted by molar-refractivity contribution is 7.89. The minimum absolute atomic E-state index is 0.0907. The summed E-state index contributed by atoms with van der Waals surface area (Å²) < 4.78 is 26.8. The summed E-state index contributed by atoms with van der Waals surface area (Å²) in [5.41, 5.74) is 6.36. The van der Waals surface area contributed by atoms with Crippen molar-refractivity contribution >= 4 is 15.7 Å². The summed E-state index contributed by atoms with van der Waals surface area (Å²) >= 11 is 0. The lowest BCUT2D eigenvalue weighted by atomic mass is 10.1. The highest BCUT2D eigenvalue weighted by atomic mass is 32.2. The quantitative estimate of drug-likeness (QED) is 0.650. The molecule has 0 aromatic heterocycles. The van der Waals surface area contributed by atoms with Crippen LogP contribution in [0.3, 0.4) is 0 Å². The third-order valence-electron chi connectivity index (χ3n) is 3.06. The number of anilines is 1. The molecule has 6 heteroatoms. The summed E-state index contributed by atoms with van der Waals surface area (Å²) in [6.45, 7) is 4.73. The van der Waals surface area contributed by atoms with Gasteiger partial charge in [-0.1, -0.05) is 38.8 Å². The molecule has 0 heterocycles. The molecule has 1 atom stereocenters. The number of nitrogens with one attached hydrogen (secondary N) is 2. The first kappa shape index (κ1) is 16.9. The van der Waals surface area contributed by atoms with Crippen LogP contribution in [0.2, 0.25) is 0 Å². The van der Waals surface area contributed by atoms with Crippen LogP contribution in [0.25, 0.3) is 0 Å². The standard InChI is InChI=1S/C14H25N3O2S/c1-3-5-8-12(11-15)17-13-9-6-7-10-14(13)20(18,19)16-4-2/h6-7,9-10,12,16-17H,3-5,8,11,15H2,1-2H3. The zero-order valence-corrected chi connectivity index (χ0v) is 13.0. The zero-order chi connectivity index (χ0) is 15.0. The van der Waals surface area contributed by atoms with E-state index in [9.17, 15) is 8.42 Å². The second-order valence-electron chi connectivity index (χ2n) is 4.72. The summed E-state index contributed by atoms with van der Waals surface area (Å²) in [6.07, 6.45) is 3.09. The lowest BCUT2D eigenvalue weighted by Gasteiger charge is -2.20. The Kier molecular flexibility index (Phi) is 6.98. The molecule has 1 rings (SSSR count). The first-order chi connectivity index (χ1) is 9.55. The van der Waals surface area contributed by atoms with Crippen LogP contribution in [0.5, 0.6) is 0 Å². The van der Waals surface area contributed by atoms with E-state index >= 15 is 0 Å². The number of sulfonamides is 1. The van der Waals surface area contributed by atoms with Crippen molar-refractivity contribution in [3.63, 3.8) is 0 Å². The molecule has 1 aromatic carbocycles. The summed E-state index contributed by atoms with van der Waals surface area (Å²) in [4.78, 5) is 0.275. The first-order valence-corrected chi connectivity index (χ1v) is 8.58. The Labute approximate surface area is 122 Å². The molecule has 4 N–H and O–H groups in total. The van der Waals surface area contributed by atoms with Gasteiger partial charge in [-0.3, -0.25) is 0 Å². The van der Waals surface area contributed by atoms with E-state index in [4.69, 9.17) is 5.73 Å². The van der Waals surface area contributed by atoms with E-state index in [0.717, 1.165) is 19.3 Å². The van der Waals surface area contributed by atoms with Gasteiger partial charge in [0, 0.05) is 19.1 Å². The summed E-state index contributed by atoms with van der Waals surface area (Å²) in [7, 11) is -3.47. The minimum atomic E-state index is -3.47. The zero-order valence-electron chi connectivity index (χ0n) is 12.2. The number of benzene rings is 1. The fourth-order valence-corrected chi connectivity index (χ4v) is 3.22. The third kappa shape index (κ3) is 4.77. The average Bonchev–Trinajstić information content (AvgIpc) is 2.43. The molecule has 20 heavy (non-hydrogen) atoms. The van der Waals surface area contributed by atoms with Gasteiger partial charge in [0.25, 0.3) is 0 Å². The Morgan fingerprint density at radius 1 is 1.25 bits per heavy atom. The largest absolute Gasteiger partial charge is 0.380 e. The van der Waals surface area contributed by atoms with Crippen molar-refractivity contribution < 1.29 is 8.42 Å². The smallest absolute Gasteiger partial charge is 0.242 e. The molecule has 0 aliphatic heterocycles. The Morgan fingerprint density at radius 3 is 2.55 bits per heavy atom. The lowest BCUT2D eigenvalue weighted by molar-refractivity contribution is 0.582. The average molecular weight is 299 g/mol. The van der Waals surface area contributed by atoms with Gasteiger partial charge in [0.1, 0.15) is 4.90 Å². The fourth-order valence-electron chi connectivity index (χ4n) is 2.01. The van der Waals surface area contributed by atoms with E-state index in [-0.39, 0.29) is 10.9 Å². The number of rotatable bonds is 9. The van der Waals surface area contributed by atoms with Crippen molar-refractivity contribution in [2.75, 3.05) is 18.4 Å². The molecule has 0 bridgehead atoms. The maximum atomic E-state index is 12.2. The van der Waals surface area contributed by atoms with Gasteiger partial charge in [-0.2, -0.15) is 0 Å². The van der Waals surface area contributed by atoms with Crippen LogP contribution in [0.15, 0.2) is 29.2 Å². The van der Waals surface area contributed by atoms with Gasteiger partial charge in [-0.25, -0.2) is 13.1 Å². The number of hydrogen-bond acceptors (Lipinski definition) is 4. The molecule has 0 aliphatic carbocycles. The summed E-state index contributed by atoms with van der Waals surface area (Å²) in [5.74, 6) is 0. The molecular formula is C14H25N3O2S. The maximum absolute atomic E-state index is 12.2. The number of nitrogens with two attached hydrogens (primary N) is 1. The Morgan fingerprint density at radius 2 is 1.95 bits per heavy atom. The minimum Gasteiger partial charge on any atom is -0.380 e. The predicted octanol–water partition coefficient (Wildman–Crippen LogP) is 1.91. The van der Waals surface area contributed by atoms with E-state index in [1.807, 2.05) is 6.07 Å². The van der Waals surface area contributed by atoms with Crippen LogP contribution in [0.1, 0.15) is 33.1 Å². The maximum Gasteiger partial charge on any atom is 0.242 e. The Bertz CT molecular complexity index is 503. The highest BCUT2D eigenvalue weighted by Crippen LogP contribution is 2.22. The normalized spacial score (nSPS) is 13.2. The monoisotopic (exact) mass is 299 g/mol. The SMILES string of the molecule is CCCCC(CN)Nc1ccccc1S(=O)(=O)NCC. The predicted molar refractivity (Wildman–Crippen MR) is 83.3 cm³/mol. The molecule has 1 aromatic rings.